The highest BCUT2D eigenvalue weighted by molar-refractivity contribution is 5.76. The minimum atomic E-state index is 0.0190. The van der Waals surface area contributed by atoms with E-state index in [1.165, 1.54) is 141 Å². The maximum absolute atomic E-state index is 12.6. The van der Waals surface area contributed by atoms with E-state index in [1.807, 2.05) is 0 Å². The Bertz CT molecular complexity index is 690. The fourth-order valence-electron chi connectivity index (χ4n) is 6.72. The van der Waals surface area contributed by atoms with Gasteiger partial charge in [-0.1, -0.05) is 168 Å². The van der Waals surface area contributed by atoms with Crippen molar-refractivity contribution in [1.82, 2.24) is 10.6 Å². The number of nitrogens with one attached hydrogen (secondary N) is 2. The third-order valence-corrected chi connectivity index (χ3v) is 10.3. The van der Waals surface area contributed by atoms with Gasteiger partial charge in [-0.3, -0.25) is 9.59 Å². The first-order valence-electron chi connectivity index (χ1n) is 22.1. The molecule has 0 spiro atoms. The molecule has 8 nitrogen and oxygen atoms in total. The molecule has 8 heteroatoms. The van der Waals surface area contributed by atoms with Gasteiger partial charge in [0, 0.05) is 12.8 Å². The summed E-state index contributed by atoms with van der Waals surface area (Å²) in [5, 5.41) is 15.2. The van der Waals surface area contributed by atoms with Crippen LogP contribution in [0.3, 0.4) is 0 Å². The summed E-state index contributed by atoms with van der Waals surface area (Å²) in [6, 6.07) is 0. The smallest absolute Gasteiger partial charge is 0.220 e. The molecule has 0 radical (unpaired) electrons. The summed E-state index contributed by atoms with van der Waals surface area (Å²) >= 11 is 0. The van der Waals surface area contributed by atoms with Crippen molar-refractivity contribution in [1.29, 1.82) is 0 Å². The topological polar surface area (TPSA) is 96.9 Å². The summed E-state index contributed by atoms with van der Waals surface area (Å²) in [5.74, 6) is 0.293. The van der Waals surface area contributed by atoms with Crippen LogP contribution < -0.4 is 10.6 Å². The number of likely N-dealkylation sites (N-methyl/N-ethyl adjacent to an activating group) is 1. The first kappa shape index (κ1) is 49.8. The Kier molecular flexibility index (Phi) is 39.0. The van der Waals surface area contributed by atoms with Crippen LogP contribution in [0.4, 0.5) is 0 Å². The molecular weight excluding hydrogens is 638 g/mol. The van der Waals surface area contributed by atoms with Gasteiger partial charge in [0.1, 0.15) is 6.54 Å². The molecule has 0 saturated carbocycles. The average molecular weight is 727 g/mol. The number of carbonyl (C=O) groups excluding carboxylic acids is 2. The molecule has 0 aromatic heterocycles. The number of ether oxygens (including phenoxy) is 2. The Labute approximate surface area is 316 Å². The van der Waals surface area contributed by atoms with E-state index in [0.717, 1.165) is 49.8 Å². The van der Waals surface area contributed by atoms with Gasteiger partial charge >= 0.3 is 0 Å². The molecule has 304 valence electrons. The fraction of sp³-hybridized carbons (Fsp3) is 0.953. The largest absolute Gasteiger partial charge is 0.394 e. The zero-order valence-corrected chi connectivity index (χ0v) is 34.4. The zero-order valence-electron chi connectivity index (χ0n) is 34.4. The minimum absolute atomic E-state index is 0.0190. The average Bonchev–Trinajstić information content (AvgIpc) is 3.12. The molecule has 0 atom stereocenters. The fourth-order valence-corrected chi connectivity index (χ4v) is 6.72. The maximum Gasteiger partial charge on any atom is 0.220 e. The first-order chi connectivity index (χ1) is 25.0. The van der Waals surface area contributed by atoms with E-state index < -0.39 is 0 Å². The van der Waals surface area contributed by atoms with Crippen molar-refractivity contribution < 1.29 is 28.7 Å². The lowest BCUT2D eigenvalue weighted by atomic mass is 10.0. The van der Waals surface area contributed by atoms with Crippen molar-refractivity contribution in [2.45, 2.75) is 194 Å². The Morgan fingerprint density at radius 1 is 0.451 bits per heavy atom. The Morgan fingerprint density at radius 2 is 0.765 bits per heavy atom. The third-order valence-electron chi connectivity index (χ3n) is 10.3. The van der Waals surface area contributed by atoms with Crippen molar-refractivity contribution in [2.75, 3.05) is 72.8 Å². The summed E-state index contributed by atoms with van der Waals surface area (Å²) in [6.07, 6.45) is 35.2. The van der Waals surface area contributed by atoms with Crippen LogP contribution in [0.1, 0.15) is 194 Å². The summed E-state index contributed by atoms with van der Waals surface area (Å²) in [6.45, 7) is 10.1. The number of amides is 2. The van der Waals surface area contributed by atoms with Crippen molar-refractivity contribution >= 4 is 11.8 Å². The van der Waals surface area contributed by atoms with Crippen LogP contribution in [0.15, 0.2) is 0 Å². The molecule has 0 aliphatic rings. The predicted octanol–water partition coefficient (Wildman–Crippen LogP) is 9.65. The molecule has 51 heavy (non-hydrogen) atoms. The van der Waals surface area contributed by atoms with Gasteiger partial charge < -0.3 is 29.7 Å². The van der Waals surface area contributed by atoms with Gasteiger partial charge in [0.15, 0.2) is 0 Å². The molecule has 0 heterocycles. The lowest BCUT2D eigenvalue weighted by Crippen LogP contribution is -2.53. The van der Waals surface area contributed by atoms with Gasteiger partial charge in [-0.15, -0.1) is 0 Å². The molecule has 2 amide bonds. The van der Waals surface area contributed by atoms with E-state index in [-0.39, 0.29) is 18.4 Å². The van der Waals surface area contributed by atoms with E-state index in [9.17, 15) is 9.59 Å². The molecule has 3 N–H and O–H groups in total. The van der Waals surface area contributed by atoms with Crippen LogP contribution >= 0.6 is 0 Å². The quantitative estimate of drug-likeness (QED) is 0.0430. The number of hydrogen-bond donors (Lipinski definition) is 3. The van der Waals surface area contributed by atoms with Crippen LogP contribution in [-0.2, 0) is 19.1 Å². The van der Waals surface area contributed by atoms with Crippen LogP contribution in [0.5, 0.6) is 0 Å². The van der Waals surface area contributed by atoms with Crippen LogP contribution in [0.2, 0.25) is 0 Å². The van der Waals surface area contributed by atoms with Gasteiger partial charge in [-0.05, 0) is 12.8 Å². The highest BCUT2D eigenvalue weighted by Crippen LogP contribution is 2.14. The SMILES string of the molecule is CCCCCCCCCCCCCCCC(=O)NCC[N+](C)(CCNC(=O)CCCCCCCCCCCCCCC)CCOCCOCCO. The first-order valence-corrected chi connectivity index (χ1v) is 22.1. The van der Waals surface area contributed by atoms with E-state index in [2.05, 4.69) is 31.5 Å². The monoisotopic (exact) mass is 727 g/mol. The molecule has 0 saturated heterocycles. The lowest BCUT2D eigenvalue weighted by molar-refractivity contribution is -0.907. The van der Waals surface area contributed by atoms with Gasteiger partial charge in [0.25, 0.3) is 0 Å². The maximum atomic E-state index is 12.6. The van der Waals surface area contributed by atoms with Crippen LogP contribution in [0.25, 0.3) is 0 Å². The molecule has 0 fully saturated rings. The van der Waals surface area contributed by atoms with Gasteiger partial charge in [0.05, 0.1) is 66.3 Å². The number of quaternary nitrogens is 1. The Morgan fingerprint density at radius 3 is 1.10 bits per heavy atom. The number of unbranched alkanes of at least 4 members (excludes halogenated alkanes) is 24. The highest BCUT2D eigenvalue weighted by atomic mass is 16.5. The van der Waals surface area contributed by atoms with Crippen LogP contribution in [-0.4, -0.2) is 94.2 Å². The number of aliphatic hydroxyl groups is 1. The molecule has 0 rings (SSSR count). The summed E-state index contributed by atoms with van der Waals surface area (Å²) < 4.78 is 11.8. The third kappa shape index (κ3) is 38.3. The second kappa shape index (κ2) is 40.0. The van der Waals surface area contributed by atoms with Gasteiger partial charge in [0.2, 0.25) is 11.8 Å². The number of hydrogen-bond acceptors (Lipinski definition) is 5. The molecule has 0 bridgehead atoms. The van der Waals surface area contributed by atoms with E-state index >= 15 is 0 Å². The molecular formula is C43H88N3O5+. The number of rotatable bonds is 42. The summed E-state index contributed by atoms with van der Waals surface area (Å²) in [5.41, 5.74) is 0. The minimum Gasteiger partial charge on any atom is -0.394 e. The van der Waals surface area contributed by atoms with Gasteiger partial charge in [-0.2, -0.15) is 0 Å². The van der Waals surface area contributed by atoms with Crippen molar-refractivity contribution in [3.05, 3.63) is 0 Å². The van der Waals surface area contributed by atoms with Crippen molar-refractivity contribution in [3.8, 4) is 0 Å². The Balaban J connectivity index is 4.14. The van der Waals surface area contributed by atoms with E-state index in [4.69, 9.17) is 14.6 Å². The number of nitrogens with zero attached hydrogens (tertiary/aromatic N) is 1. The van der Waals surface area contributed by atoms with Crippen molar-refractivity contribution in [2.24, 2.45) is 0 Å². The lowest BCUT2D eigenvalue weighted by Gasteiger charge is -2.34. The summed E-state index contributed by atoms with van der Waals surface area (Å²) in [7, 11) is 2.18. The number of carbonyl (C=O) groups is 2. The summed E-state index contributed by atoms with van der Waals surface area (Å²) in [4.78, 5) is 25.1. The zero-order chi connectivity index (χ0) is 37.4. The second-order valence-electron chi connectivity index (χ2n) is 15.4. The van der Waals surface area contributed by atoms with Crippen LogP contribution in [0, 0.1) is 0 Å². The Hall–Kier alpha value is -1.22. The van der Waals surface area contributed by atoms with Gasteiger partial charge in [-0.25, -0.2) is 0 Å². The van der Waals surface area contributed by atoms with E-state index in [0.29, 0.717) is 52.4 Å². The standard InChI is InChI=1S/C43H87N3O5/c1-4-6-8-10-12-14-16-18-20-22-24-26-28-30-42(48)44-32-34-46(3,36-38-50-40-41-51-39-37-47)35-33-45-43(49)31-29-27-25-23-21-19-17-15-13-11-9-7-5-2/h47H,4-41H2,1-3H3,(H-,44,45,48,49)/p+1. The second-order valence-corrected chi connectivity index (χ2v) is 15.4. The molecule has 0 aliphatic heterocycles. The predicted molar refractivity (Wildman–Crippen MR) is 216 cm³/mol. The molecule has 0 unspecified atom stereocenters. The number of aliphatic hydroxyl groups excluding tert-OH is 1. The molecule has 0 aromatic rings. The van der Waals surface area contributed by atoms with Crippen molar-refractivity contribution in [3.63, 3.8) is 0 Å². The highest BCUT2D eigenvalue weighted by Gasteiger charge is 2.22. The molecule has 0 aromatic carbocycles. The molecule has 0 aliphatic carbocycles. The van der Waals surface area contributed by atoms with E-state index in [1.54, 1.807) is 0 Å². The normalized spacial score (nSPS) is 11.7.